The molecule has 0 aliphatic heterocycles. The van der Waals surface area contributed by atoms with Gasteiger partial charge in [0.05, 0.1) is 32.3 Å². The minimum absolute atomic E-state index is 0.423. The van der Waals surface area contributed by atoms with Crippen LogP contribution in [0.2, 0.25) is 5.02 Å². The molecule has 106 valence electrons. The summed E-state index contributed by atoms with van der Waals surface area (Å²) >= 11 is 6.28. The van der Waals surface area contributed by atoms with Gasteiger partial charge >= 0.3 is 5.97 Å². The molecule has 0 radical (unpaired) electrons. The van der Waals surface area contributed by atoms with Crippen molar-refractivity contribution in [3.63, 3.8) is 0 Å². The van der Waals surface area contributed by atoms with Crippen molar-refractivity contribution in [2.24, 2.45) is 0 Å². The van der Waals surface area contributed by atoms with Gasteiger partial charge in [-0.05, 0) is 30.7 Å². The number of ether oxygens (including phenoxy) is 3. The first-order chi connectivity index (χ1) is 9.54. The molecule has 2 aromatic carbocycles. The van der Waals surface area contributed by atoms with E-state index in [-0.39, 0.29) is 0 Å². The highest BCUT2D eigenvalue weighted by molar-refractivity contribution is 6.36. The number of halogens is 1. The summed E-state index contributed by atoms with van der Waals surface area (Å²) in [6.45, 7) is 1.82. The van der Waals surface area contributed by atoms with E-state index < -0.39 is 5.97 Å². The molecule has 0 N–H and O–H groups in total. The third-order valence-corrected chi connectivity index (χ3v) is 3.58. The second kappa shape index (κ2) is 5.59. The molecule has 0 atom stereocenters. The molecule has 0 aromatic heterocycles. The zero-order valence-corrected chi connectivity index (χ0v) is 12.5. The Balaban J connectivity index is 2.95. The van der Waals surface area contributed by atoms with Crippen molar-refractivity contribution >= 4 is 28.3 Å². The second-order valence-electron chi connectivity index (χ2n) is 4.24. The third kappa shape index (κ3) is 2.16. The summed E-state index contributed by atoms with van der Waals surface area (Å²) in [5.74, 6) is 0.729. The molecular formula is C15H15ClO4. The van der Waals surface area contributed by atoms with Gasteiger partial charge < -0.3 is 14.2 Å². The standard InChI is InChI=1S/C15H15ClO4/c1-8-9(15(17)20-4)7-12(19-3)14-11(18-2)6-5-10(16)13(8)14/h5-7H,1-4H3. The summed E-state index contributed by atoms with van der Waals surface area (Å²) in [7, 11) is 4.45. The Morgan fingerprint density at radius 3 is 2.25 bits per heavy atom. The molecule has 2 rings (SSSR count). The van der Waals surface area contributed by atoms with E-state index in [4.69, 9.17) is 25.8 Å². The Hall–Kier alpha value is -1.94. The number of aryl methyl sites for hydroxylation is 1. The van der Waals surface area contributed by atoms with E-state index in [1.54, 1.807) is 25.3 Å². The third-order valence-electron chi connectivity index (χ3n) is 3.26. The van der Waals surface area contributed by atoms with E-state index in [1.807, 2.05) is 6.92 Å². The molecule has 4 nitrogen and oxygen atoms in total. The van der Waals surface area contributed by atoms with E-state index in [1.165, 1.54) is 14.2 Å². The van der Waals surface area contributed by atoms with E-state index in [2.05, 4.69) is 0 Å². The van der Waals surface area contributed by atoms with Crippen molar-refractivity contribution in [1.29, 1.82) is 0 Å². The number of esters is 1. The zero-order chi connectivity index (χ0) is 14.9. The first-order valence-corrected chi connectivity index (χ1v) is 6.35. The maximum absolute atomic E-state index is 11.9. The molecular weight excluding hydrogens is 280 g/mol. The number of fused-ring (bicyclic) bond motifs is 1. The molecule has 0 aliphatic rings. The van der Waals surface area contributed by atoms with Gasteiger partial charge in [-0.1, -0.05) is 11.6 Å². The Morgan fingerprint density at radius 1 is 1.05 bits per heavy atom. The summed E-state index contributed by atoms with van der Waals surface area (Å²) in [5, 5.41) is 2.00. The average Bonchev–Trinajstić information content (AvgIpc) is 2.47. The van der Waals surface area contributed by atoms with Crippen molar-refractivity contribution in [3.8, 4) is 11.5 Å². The lowest BCUT2D eigenvalue weighted by molar-refractivity contribution is 0.0599. The van der Waals surface area contributed by atoms with Crippen LogP contribution in [0.5, 0.6) is 11.5 Å². The fourth-order valence-electron chi connectivity index (χ4n) is 2.27. The predicted molar refractivity (Wildman–Crippen MR) is 78.1 cm³/mol. The van der Waals surface area contributed by atoms with Gasteiger partial charge in [-0.2, -0.15) is 0 Å². The van der Waals surface area contributed by atoms with E-state index in [0.717, 1.165) is 16.3 Å². The van der Waals surface area contributed by atoms with E-state index >= 15 is 0 Å². The molecule has 0 fully saturated rings. The lowest BCUT2D eigenvalue weighted by atomic mass is 9.98. The van der Waals surface area contributed by atoms with Gasteiger partial charge in [-0.3, -0.25) is 0 Å². The summed E-state index contributed by atoms with van der Waals surface area (Å²) in [4.78, 5) is 11.9. The lowest BCUT2D eigenvalue weighted by Crippen LogP contribution is -2.05. The Labute approximate surface area is 122 Å². The van der Waals surface area contributed by atoms with Crippen molar-refractivity contribution in [3.05, 3.63) is 34.3 Å². The average molecular weight is 295 g/mol. The van der Waals surface area contributed by atoms with Crippen LogP contribution < -0.4 is 9.47 Å². The zero-order valence-electron chi connectivity index (χ0n) is 11.7. The molecule has 0 saturated carbocycles. The number of hydrogen-bond donors (Lipinski definition) is 0. The van der Waals surface area contributed by atoms with Gasteiger partial charge in [0.2, 0.25) is 0 Å². The normalized spacial score (nSPS) is 10.4. The van der Waals surface area contributed by atoms with Crippen LogP contribution in [0.15, 0.2) is 18.2 Å². The van der Waals surface area contributed by atoms with Crippen molar-refractivity contribution in [2.45, 2.75) is 6.92 Å². The molecule has 2 aromatic rings. The fraction of sp³-hybridized carbons (Fsp3) is 0.267. The molecule has 20 heavy (non-hydrogen) atoms. The van der Waals surface area contributed by atoms with Crippen LogP contribution >= 0.6 is 11.6 Å². The Kier molecular flexibility index (Phi) is 4.04. The summed E-state index contributed by atoms with van der Waals surface area (Å²) in [6, 6.07) is 5.14. The van der Waals surface area contributed by atoms with E-state index in [0.29, 0.717) is 22.1 Å². The van der Waals surface area contributed by atoms with Gasteiger partial charge in [-0.15, -0.1) is 0 Å². The van der Waals surface area contributed by atoms with Gasteiger partial charge in [0.15, 0.2) is 0 Å². The van der Waals surface area contributed by atoms with Crippen LogP contribution in [-0.2, 0) is 4.74 Å². The molecule has 5 heteroatoms. The minimum Gasteiger partial charge on any atom is -0.496 e. The monoisotopic (exact) mass is 294 g/mol. The molecule has 0 saturated heterocycles. The summed E-state index contributed by atoms with van der Waals surface area (Å²) in [5.41, 5.74) is 1.16. The molecule has 0 heterocycles. The van der Waals surface area contributed by atoms with Gasteiger partial charge in [0.1, 0.15) is 11.5 Å². The number of rotatable bonds is 3. The Morgan fingerprint density at radius 2 is 1.70 bits per heavy atom. The minimum atomic E-state index is -0.429. The van der Waals surface area contributed by atoms with Crippen LogP contribution in [0, 0.1) is 6.92 Å². The maximum Gasteiger partial charge on any atom is 0.338 e. The first-order valence-electron chi connectivity index (χ1n) is 5.97. The van der Waals surface area contributed by atoms with E-state index in [9.17, 15) is 4.79 Å². The number of carbonyl (C=O) groups excluding carboxylic acids is 1. The number of methoxy groups -OCH3 is 3. The molecule has 0 amide bonds. The number of hydrogen-bond acceptors (Lipinski definition) is 4. The van der Waals surface area contributed by atoms with Crippen molar-refractivity contribution in [1.82, 2.24) is 0 Å². The van der Waals surface area contributed by atoms with Gasteiger partial charge in [-0.25, -0.2) is 4.79 Å². The van der Waals surface area contributed by atoms with Crippen molar-refractivity contribution < 1.29 is 19.0 Å². The highest BCUT2D eigenvalue weighted by Gasteiger charge is 2.20. The topological polar surface area (TPSA) is 44.8 Å². The smallest absolute Gasteiger partial charge is 0.338 e. The lowest BCUT2D eigenvalue weighted by Gasteiger charge is -2.15. The van der Waals surface area contributed by atoms with Crippen LogP contribution in [0.25, 0.3) is 10.8 Å². The van der Waals surface area contributed by atoms with Crippen LogP contribution in [0.1, 0.15) is 15.9 Å². The van der Waals surface area contributed by atoms with Crippen molar-refractivity contribution in [2.75, 3.05) is 21.3 Å². The summed E-state index contributed by atoms with van der Waals surface area (Å²) in [6.07, 6.45) is 0. The SMILES string of the molecule is COC(=O)c1cc(OC)c2c(OC)ccc(Cl)c2c1C. The van der Waals surface area contributed by atoms with Crippen LogP contribution in [-0.4, -0.2) is 27.3 Å². The molecule has 0 unspecified atom stereocenters. The molecule has 0 spiro atoms. The second-order valence-corrected chi connectivity index (χ2v) is 4.65. The van der Waals surface area contributed by atoms with Gasteiger partial charge in [0, 0.05) is 10.4 Å². The largest absolute Gasteiger partial charge is 0.496 e. The highest BCUT2D eigenvalue weighted by atomic mass is 35.5. The quantitative estimate of drug-likeness (QED) is 0.811. The maximum atomic E-state index is 11.9. The molecule has 0 bridgehead atoms. The summed E-state index contributed by atoms with van der Waals surface area (Å²) < 4.78 is 15.5. The van der Waals surface area contributed by atoms with Crippen LogP contribution in [0.3, 0.4) is 0 Å². The first kappa shape index (κ1) is 14.5. The predicted octanol–water partition coefficient (Wildman–Crippen LogP) is 3.61. The molecule has 0 aliphatic carbocycles. The number of benzene rings is 2. The van der Waals surface area contributed by atoms with Crippen LogP contribution in [0.4, 0.5) is 0 Å². The Bertz CT molecular complexity index is 679. The van der Waals surface area contributed by atoms with Gasteiger partial charge in [0.25, 0.3) is 0 Å². The number of carbonyl (C=O) groups is 1. The highest BCUT2D eigenvalue weighted by Crippen LogP contribution is 2.41. The fourth-order valence-corrected chi connectivity index (χ4v) is 2.57.